The SMILES string of the molecule is Cc1nc(Nc2cccc(C(F)(F)F)c2)cc(C(=O)NC(C)(C)C)n1. The van der Waals surface area contributed by atoms with Crippen molar-refractivity contribution in [1.82, 2.24) is 15.3 Å². The highest BCUT2D eigenvalue weighted by atomic mass is 19.4. The summed E-state index contributed by atoms with van der Waals surface area (Å²) in [6, 6.07) is 6.15. The molecule has 134 valence electrons. The minimum atomic E-state index is -4.43. The minimum Gasteiger partial charge on any atom is -0.346 e. The number of aryl methyl sites for hydroxylation is 1. The Morgan fingerprint density at radius 1 is 1.08 bits per heavy atom. The number of benzene rings is 1. The van der Waals surface area contributed by atoms with Crippen LogP contribution in [0, 0.1) is 6.92 Å². The van der Waals surface area contributed by atoms with Crippen LogP contribution in [0.5, 0.6) is 0 Å². The van der Waals surface area contributed by atoms with E-state index in [9.17, 15) is 18.0 Å². The quantitative estimate of drug-likeness (QED) is 0.874. The van der Waals surface area contributed by atoms with Gasteiger partial charge in [0.25, 0.3) is 5.91 Å². The monoisotopic (exact) mass is 352 g/mol. The topological polar surface area (TPSA) is 66.9 Å². The molecule has 0 spiro atoms. The average molecular weight is 352 g/mol. The number of hydrogen-bond donors (Lipinski definition) is 2. The maximum Gasteiger partial charge on any atom is 0.416 e. The van der Waals surface area contributed by atoms with Crippen LogP contribution in [0.25, 0.3) is 0 Å². The molecule has 0 bridgehead atoms. The van der Waals surface area contributed by atoms with Crippen molar-refractivity contribution in [2.24, 2.45) is 0 Å². The van der Waals surface area contributed by atoms with Crippen LogP contribution in [-0.4, -0.2) is 21.4 Å². The van der Waals surface area contributed by atoms with Crippen LogP contribution in [0.15, 0.2) is 30.3 Å². The Morgan fingerprint density at radius 3 is 2.36 bits per heavy atom. The van der Waals surface area contributed by atoms with Crippen LogP contribution in [0.4, 0.5) is 24.7 Å². The molecule has 0 saturated heterocycles. The summed E-state index contributed by atoms with van der Waals surface area (Å²) in [6.07, 6.45) is -4.43. The molecule has 0 aliphatic rings. The first-order valence-corrected chi connectivity index (χ1v) is 7.56. The molecule has 0 atom stereocenters. The third kappa shape index (κ3) is 5.44. The maximum atomic E-state index is 12.8. The average Bonchev–Trinajstić information content (AvgIpc) is 2.44. The molecule has 0 aliphatic heterocycles. The lowest BCUT2D eigenvalue weighted by Gasteiger charge is -2.20. The Bertz CT molecular complexity index is 782. The summed E-state index contributed by atoms with van der Waals surface area (Å²) in [6.45, 7) is 7.10. The first-order valence-electron chi connectivity index (χ1n) is 7.56. The number of alkyl halides is 3. The summed E-state index contributed by atoms with van der Waals surface area (Å²) < 4.78 is 38.4. The zero-order valence-corrected chi connectivity index (χ0v) is 14.3. The number of halogens is 3. The zero-order valence-electron chi connectivity index (χ0n) is 14.3. The lowest BCUT2D eigenvalue weighted by Crippen LogP contribution is -2.41. The molecule has 8 heteroatoms. The van der Waals surface area contributed by atoms with E-state index in [1.54, 1.807) is 6.92 Å². The number of nitrogens with one attached hydrogen (secondary N) is 2. The normalized spacial score (nSPS) is 12.0. The van der Waals surface area contributed by atoms with E-state index in [0.717, 1.165) is 12.1 Å². The van der Waals surface area contributed by atoms with E-state index in [-0.39, 0.29) is 23.1 Å². The predicted octanol–water partition coefficient (Wildman–Crippen LogP) is 4.08. The van der Waals surface area contributed by atoms with Crippen molar-refractivity contribution in [3.8, 4) is 0 Å². The van der Waals surface area contributed by atoms with Crippen LogP contribution in [0.3, 0.4) is 0 Å². The van der Waals surface area contributed by atoms with Gasteiger partial charge in [-0.05, 0) is 45.9 Å². The highest BCUT2D eigenvalue weighted by molar-refractivity contribution is 5.93. The summed E-state index contributed by atoms with van der Waals surface area (Å²) in [7, 11) is 0. The Morgan fingerprint density at radius 2 is 1.76 bits per heavy atom. The second-order valence-corrected chi connectivity index (χ2v) is 6.59. The molecule has 2 rings (SSSR count). The maximum absolute atomic E-state index is 12.8. The van der Waals surface area contributed by atoms with Gasteiger partial charge in [0.15, 0.2) is 0 Å². The fraction of sp³-hybridized carbons (Fsp3) is 0.353. The largest absolute Gasteiger partial charge is 0.416 e. The molecule has 1 amide bonds. The number of rotatable bonds is 3. The third-order valence-electron chi connectivity index (χ3n) is 3.02. The highest BCUT2D eigenvalue weighted by Gasteiger charge is 2.30. The first kappa shape index (κ1) is 18.7. The van der Waals surface area contributed by atoms with Crippen LogP contribution in [-0.2, 0) is 6.18 Å². The number of aromatic nitrogens is 2. The van der Waals surface area contributed by atoms with Gasteiger partial charge in [0, 0.05) is 17.3 Å². The number of anilines is 2. The molecular formula is C17H19F3N4O. The Balaban J connectivity index is 2.28. The molecule has 1 aromatic heterocycles. The molecule has 1 aromatic carbocycles. The van der Waals surface area contributed by atoms with E-state index in [1.165, 1.54) is 18.2 Å². The van der Waals surface area contributed by atoms with Gasteiger partial charge in [-0.15, -0.1) is 0 Å². The van der Waals surface area contributed by atoms with Gasteiger partial charge < -0.3 is 10.6 Å². The molecule has 0 unspecified atom stereocenters. The van der Waals surface area contributed by atoms with Gasteiger partial charge in [-0.25, -0.2) is 9.97 Å². The summed E-state index contributed by atoms with van der Waals surface area (Å²) in [4.78, 5) is 20.4. The van der Waals surface area contributed by atoms with E-state index in [1.807, 2.05) is 20.8 Å². The van der Waals surface area contributed by atoms with Crippen molar-refractivity contribution in [2.75, 3.05) is 5.32 Å². The Kier molecular flexibility index (Phi) is 5.01. The molecule has 2 aromatic rings. The van der Waals surface area contributed by atoms with Gasteiger partial charge in [0.1, 0.15) is 17.3 Å². The molecule has 2 N–H and O–H groups in total. The fourth-order valence-corrected chi connectivity index (χ4v) is 2.07. The van der Waals surface area contributed by atoms with Crippen molar-refractivity contribution >= 4 is 17.4 Å². The second kappa shape index (κ2) is 6.70. The third-order valence-corrected chi connectivity index (χ3v) is 3.02. The van der Waals surface area contributed by atoms with Crippen LogP contribution < -0.4 is 10.6 Å². The highest BCUT2D eigenvalue weighted by Crippen LogP contribution is 2.31. The summed E-state index contributed by atoms with van der Waals surface area (Å²) in [5.74, 6) is 0.187. The van der Waals surface area contributed by atoms with E-state index >= 15 is 0 Å². The summed E-state index contributed by atoms with van der Waals surface area (Å²) >= 11 is 0. The van der Waals surface area contributed by atoms with Gasteiger partial charge in [0.2, 0.25) is 0 Å². The van der Waals surface area contributed by atoms with E-state index in [2.05, 4.69) is 20.6 Å². The van der Waals surface area contributed by atoms with Gasteiger partial charge in [-0.2, -0.15) is 13.2 Å². The molecule has 0 radical (unpaired) electrons. The van der Waals surface area contributed by atoms with Gasteiger partial charge >= 0.3 is 6.18 Å². The summed E-state index contributed by atoms with van der Waals surface area (Å²) in [5.41, 5.74) is -0.856. The van der Waals surface area contributed by atoms with Crippen LogP contribution in [0.2, 0.25) is 0 Å². The van der Waals surface area contributed by atoms with Crippen molar-refractivity contribution < 1.29 is 18.0 Å². The van der Waals surface area contributed by atoms with E-state index < -0.39 is 17.3 Å². The smallest absolute Gasteiger partial charge is 0.346 e. The number of hydrogen-bond acceptors (Lipinski definition) is 4. The van der Waals surface area contributed by atoms with Crippen molar-refractivity contribution in [1.29, 1.82) is 0 Å². The zero-order chi connectivity index (χ0) is 18.8. The predicted molar refractivity (Wildman–Crippen MR) is 88.7 cm³/mol. The number of carbonyl (C=O) groups excluding carboxylic acids is 1. The molecule has 0 fully saturated rings. The number of amides is 1. The first-order chi connectivity index (χ1) is 11.4. The molecule has 5 nitrogen and oxygen atoms in total. The Hall–Kier alpha value is -2.64. The van der Waals surface area contributed by atoms with Crippen molar-refractivity contribution in [2.45, 2.75) is 39.4 Å². The minimum absolute atomic E-state index is 0.136. The lowest BCUT2D eigenvalue weighted by atomic mass is 10.1. The standard InChI is InChI=1S/C17H19F3N4O/c1-10-21-13(15(25)24-16(2,3)4)9-14(22-10)23-12-7-5-6-11(8-12)17(18,19)20/h5-9H,1-4H3,(H,24,25)(H,21,22,23). The molecule has 0 aliphatic carbocycles. The number of carbonyl (C=O) groups is 1. The van der Waals surface area contributed by atoms with Gasteiger partial charge in [0.05, 0.1) is 5.56 Å². The fourth-order valence-electron chi connectivity index (χ4n) is 2.07. The second-order valence-electron chi connectivity index (χ2n) is 6.59. The molecular weight excluding hydrogens is 333 g/mol. The molecule has 1 heterocycles. The van der Waals surface area contributed by atoms with Crippen LogP contribution >= 0.6 is 0 Å². The van der Waals surface area contributed by atoms with Crippen molar-refractivity contribution in [3.05, 3.63) is 47.4 Å². The van der Waals surface area contributed by atoms with Crippen molar-refractivity contribution in [3.63, 3.8) is 0 Å². The van der Waals surface area contributed by atoms with E-state index in [0.29, 0.717) is 5.82 Å². The van der Waals surface area contributed by atoms with Crippen LogP contribution in [0.1, 0.15) is 42.6 Å². The Labute approximate surface area is 143 Å². The lowest BCUT2D eigenvalue weighted by molar-refractivity contribution is -0.137. The van der Waals surface area contributed by atoms with E-state index in [4.69, 9.17) is 0 Å². The van der Waals surface area contributed by atoms with Gasteiger partial charge in [-0.3, -0.25) is 4.79 Å². The summed E-state index contributed by atoms with van der Waals surface area (Å²) in [5, 5.41) is 5.56. The number of nitrogens with zero attached hydrogens (tertiary/aromatic N) is 2. The molecule has 0 saturated carbocycles. The molecule has 25 heavy (non-hydrogen) atoms. The van der Waals surface area contributed by atoms with Gasteiger partial charge in [-0.1, -0.05) is 6.07 Å².